The summed E-state index contributed by atoms with van der Waals surface area (Å²) in [7, 11) is -2.15. The number of nitrogens with zero attached hydrogens (tertiary/aromatic N) is 2. The van der Waals surface area contributed by atoms with Crippen LogP contribution in [-0.2, 0) is 26.2 Å². The molecule has 2 amide bonds. The molecule has 2 aromatic carbocycles. The van der Waals surface area contributed by atoms with Crippen LogP contribution in [0, 0.1) is 11.7 Å². The summed E-state index contributed by atoms with van der Waals surface area (Å²) in [6.45, 7) is 0.605. The maximum atomic E-state index is 13.1. The summed E-state index contributed by atoms with van der Waals surface area (Å²) >= 11 is 0. The molecule has 0 aliphatic carbocycles. The minimum Gasteiger partial charge on any atom is -0.347 e. The molecule has 0 spiro atoms. The van der Waals surface area contributed by atoms with Crippen LogP contribution in [0.2, 0.25) is 0 Å². The van der Waals surface area contributed by atoms with Crippen LogP contribution < -0.4 is 5.32 Å². The average molecular weight is 448 g/mol. The Morgan fingerprint density at radius 3 is 2.48 bits per heavy atom. The van der Waals surface area contributed by atoms with E-state index in [0.29, 0.717) is 25.9 Å². The highest BCUT2D eigenvalue weighted by atomic mass is 32.2. The maximum Gasteiger partial charge on any atom is 0.243 e. The van der Waals surface area contributed by atoms with Gasteiger partial charge in [0.15, 0.2) is 0 Å². The first-order chi connectivity index (χ1) is 14.8. The monoisotopic (exact) mass is 447 g/mol. The Bertz CT molecular complexity index is 1010. The minimum absolute atomic E-state index is 0.00678. The van der Waals surface area contributed by atoms with E-state index in [2.05, 4.69) is 5.32 Å². The SMILES string of the molecule is CN(Cc1ccccc1)C(=O)CNC(=O)[C@@H]1CCCN(S(=O)(=O)c2ccc(F)cc2)C1. The molecular weight excluding hydrogens is 421 g/mol. The standard InChI is InChI=1S/C22H26FN3O4S/c1-25(15-17-6-3-2-4-7-17)21(27)14-24-22(28)18-8-5-13-26(16-18)31(29,30)20-11-9-19(23)10-12-20/h2-4,6-7,9-12,18H,5,8,13-16H2,1H3,(H,24,28)/t18-/m1/s1. The fourth-order valence-electron chi connectivity index (χ4n) is 3.52. The van der Waals surface area contributed by atoms with Crippen LogP contribution >= 0.6 is 0 Å². The number of nitrogens with one attached hydrogen (secondary N) is 1. The number of halogens is 1. The Hall–Kier alpha value is -2.78. The van der Waals surface area contributed by atoms with Crippen molar-refractivity contribution >= 4 is 21.8 Å². The van der Waals surface area contributed by atoms with Gasteiger partial charge < -0.3 is 10.2 Å². The second-order valence-electron chi connectivity index (χ2n) is 7.61. The Labute approximate surface area is 181 Å². The normalized spacial score (nSPS) is 17.2. The fraction of sp³-hybridized carbons (Fsp3) is 0.364. The second kappa shape index (κ2) is 10.0. The van der Waals surface area contributed by atoms with E-state index in [9.17, 15) is 22.4 Å². The van der Waals surface area contributed by atoms with Crippen molar-refractivity contribution in [2.24, 2.45) is 5.92 Å². The third-order valence-electron chi connectivity index (χ3n) is 5.31. The number of hydrogen-bond donors (Lipinski definition) is 1. The molecular formula is C22H26FN3O4S. The van der Waals surface area contributed by atoms with Crippen molar-refractivity contribution in [3.8, 4) is 0 Å². The van der Waals surface area contributed by atoms with E-state index in [1.54, 1.807) is 7.05 Å². The molecule has 3 rings (SSSR count). The Kier molecular flexibility index (Phi) is 7.40. The molecule has 1 fully saturated rings. The van der Waals surface area contributed by atoms with E-state index in [1.165, 1.54) is 21.3 Å². The number of amides is 2. The lowest BCUT2D eigenvalue weighted by molar-refractivity contribution is -0.133. The molecule has 1 aliphatic rings. The Morgan fingerprint density at radius 1 is 1.13 bits per heavy atom. The van der Waals surface area contributed by atoms with Crippen molar-refractivity contribution in [2.45, 2.75) is 24.3 Å². The number of likely N-dealkylation sites (N-methyl/N-ethyl adjacent to an activating group) is 1. The summed E-state index contributed by atoms with van der Waals surface area (Å²) in [4.78, 5) is 26.5. The zero-order valence-electron chi connectivity index (χ0n) is 17.3. The van der Waals surface area contributed by atoms with Gasteiger partial charge in [-0.15, -0.1) is 0 Å². The van der Waals surface area contributed by atoms with Crippen molar-refractivity contribution in [3.63, 3.8) is 0 Å². The molecule has 0 aromatic heterocycles. The summed E-state index contributed by atoms with van der Waals surface area (Å²) in [5.74, 6) is -1.64. The van der Waals surface area contributed by atoms with Crippen molar-refractivity contribution < 1.29 is 22.4 Å². The summed E-state index contributed by atoms with van der Waals surface area (Å²) in [5.41, 5.74) is 0.985. The molecule has 9 heteroatoms. The Morgan fingerprint density at radius 2 is 1.81 bits per heavy atom. The van der Waals surface area contributed by atoms with Crippen LogP contribution in [0.3, 0.4) is 0 Å². The lowest BCUT2D eigenvalue weighted by Gasteiger charge is -2.31. The van der Waals surface area contributed by atoms with Gasteiger partial charge in [-0.25, -0.2) is 12.8 Å². The van der Waals surface area contributed by atoms with Gasteiger partial charge in [-0.3, -0.25) is 9.59 Å². The molecule has 1 heterocycles. The predicted molar refractivity (Wildman–Crippen MR) is 114 cm³/mol. The van der Waals surface area contributed by atoms with Crippen molar-refractivity contribution in [1.82, 2.24) is 14.5 Å². The number of benzene rings is 2. The molecule has 2 aromatic rings. The van der Waals surface area contributed by atoms with E-state index in [-0.39, 0.29) is 29.8 Å². The van der Waals surface area contributed by atoms with E-state index >= 15 is 0 Å². The summed E-state index contributed by atoms with van der Waals surface area (Å²) in [6.07, 6.45) is 1.07. The van der Waals surface area contributed by atoms with Crippen LogP contribution in [0.4, 0.5) is 4.39 Å². The first kappa shape index (κ1) is 22.9. The number of sulfonamides is 1. The van der Waals surface area contributed by atoms with Gasteiger partial charge in [-0.1, -0.05) is 30.3 Å². The van der Waals surface area contributed by atoms with Gasteiger partial charge in [0.25, 0.3) is 0 Å². The number of piperidine rings is 1. The molecule has 166 valence electrons. The molecule has 31 heavy (non-hydrogen) atoms. The zero-order valence-corrected chi connectivity index (χ0v) is 18.1. The molecule has 0 bridgehead atoms. The lowest BCUT2D eigenvalue weighted by Crippen LogP contribution is -2.47. The number of rotatable bonds is 7. The number of carbonyl (C=O) groups is 2. The molecule has 1 atom stereocenters. The second-order valence-corrected chi connectivity index (χ2v) is 9.55. The first-order valence-corrected chi connectivity index (χ1v) is 11.5. The molecule has 1 aliphatic heterocycles. The molecule has 0 radical (unpaired) electrons. The smallest absolute Gasteiger partial charge is 0.243 e. The van der Waals surface area contributed by atoms with Gasteiger partial charge in [-0.05, 0) is 42.7 Å². The van der Waals surface area contributed by atoms with E-state index in [4.69, 9.17) is 0 Å². The molecule has 7 nitrogen and oxygen atoms in total. The van der Waals surface area contributed by atoms with Crippen LogP contribution in [0.15, 0.2) is 59.5 Å². The molecule has 1 N–H and O–H groups in total. The van der Waals surface area contributed by atoms with Crippen LogP contribution in [-0.4, -0.2) is 56.1 Å². The summed E-state index contributed by atoms with van der Waals surface area (Å²) in [5, 5.41) is 2.64. The van der Waals surface area contributed by atoms with Gasteiger partial charge in [0.05, 0.1) is 17.4 Å². The maximum absolute atomic E-state index is 13.1. The minimum atomic E-state index is -3.81. The highest BCUT2D eigenvalue weighted by Crippen LogP contribution is 2.24. The summed E-state index contributed by atoms with van der Waals surface area (Å²) < 4.78 is 40.0. The van der Waals surface area contributed by atoms with E-state index < -0.39 is 21.8 Å². The fourth-order valence-corrected chi connectivity index (χ4v) is 5.04. The van der Waals surface area contributed by atoms with Crippen LogP contribution in [0.5, 0.6) is 0 Å². The van der Waals surface area contributed by atoms with Crippen LogP contribution in [0.1, 0.15) is 18.4 Å². The van der Waals surface area contributed by atoms with E-state index in [0.717, 1.165) is 17.7 Å². The lowest BCUT2D eigenvalue weighted by atomic mass is 9.99. The van der Waals surface area contributed by atoms with Crippen molar-refractivity contribution in [1.29, 1.82) is 0 Å². The van der Waals surface area contributed by atoms with Gasteiger partial charge in [-0.2, -0.15) is 4.31 Å². The third kappa shape index (κ3) is 5.89. The Balaban J connectivity index is 1.54. The third-order valence-corrected chi connectivity index (χ3v) is 7.19. The highest BCUT2D eigenvalue weighted by molar-refractivity contribution is 7.89. The topological polar surface area (TPSA) is 86.8 Å². The van der Waals surface area contributed by atoms with Gasteiger partial charge >= 0.3 is 0 Å². The van der Waals surface area contributed by atoms with Gasteiger partial charge in [0, 0.05) is 26.7 Å². The predicted octanol–water partition coefficient (Wildman–Crippen LogP) is 2.00. The van der Waals surface area contributed by atoms with Crippen molar-refractivity contribution in [2.75, 3.05) is 26.7 Å². The quantitative estimate of drug-likeness (QED) is 0.703. The van der Waals surface area contributed by atoms with Gasteiger partial charge in [0.1, 0.15) is 5.82 Å². The molecule has 1 saturated heterocycles. The van der Waals surface area contributed by atoms with Crippen LogP contribution in [0.25, 0.3) is 0 Å². The highest BCUT2D eigenvalue weighted by Gasteiger charge is 2.33. The first-order valence-electron chi connectivity index (χ1n) is 10.1. The number of hydrogen-bond acceptors (Lipinski definition) is 4. The molecule has 0 unspecified atom stereocenters. The largest absolute Gasteiger partial charge is 0.347 e. The average Bonchev–Trinajstić information content (AvgIpc) is 2.78. The zero-order chi connectivity index (χ0) is 22.4. The summed E-state index contributed by atoms with van der Waals surface area (Å²) in [6, 6.07) is 14.1. The number of carbonyl (C=O) groups excluding carboxylic acids is 2. The van der Waals surface area contributed by atoms with Gasteiger partial charge in [0.2, 0.25) is 21.8 Å². The van der Waals surface area contributed by atoms with E-state index in [1.807, 2.05) is 30.3 Å². The van der Waals surface area contributed by atoms with Crippen molar-refractivity contribution in [3.05, 3.63) is 66.0 Å². The molecule has 0 saturated carbocycles.